The largest absolute Gasteiger partial charge is 0.478 e. The molecule has 1 rings (SSSR count). The molecule has 0 saturated heterocycles. The minimum Gasteiger partial charge on any atom is -0.478 e. The highest BCUT2D eigenvalue weighted by molar-refractivity contribution is 5.93. The number of carboxylic acids is 1. The number of rotatable bonds is 11. The van der Waals surface area contributed by atoms with E-state index < -0.39 is 11.9 Å². The van der Waals surface area contributed by atoms with Crippen molar-refractivity contribution in [2.75, 3.05) is 0 Å². The Bertz CT molecular complexity index is 529. The third-order valence-corrected chi connectivity index (χ3v) is 3.41. The maximum Gasteiger partial charge on any atom is 0.337 e. The quantitative estimate of drug-likeness (QED) is 0.350. The minimum atomic E-state index is -1.10. The number of carbonyl (C=O) groups excluding carboxylic acids is 1. The predicted octanol–water partition coefficient (Wildman–Crippen LogP) is 5.07. The van der Waals surface area contributed by atoms with Gasteiger partial charge < -0.3 is 5.11 Å². The summed E-state index contributed by atoms with van der Waals surface area (Å²) in [5, 5.41) is 16.0. The van der Waals surface area contributed by atoms with Gasteiger partial charge in [-0.1, -0.05) is 57.6 Å². The molecule has 23 heavy (non-hydrogen) atoms. The fraction of sp³-hybridized carbons (Fsp3) is 0.529. The molecular formula is C17H24N2O4. The van der Waals surface area contributed by atoms with E-state index in [9.17, 15) is 9.59 Å². The lowest BCUT2D eigenvalue weighted by Crippen LogP contribution is -1.99. The number of benzene rings is 1. The monoisotopic (exact) mass is 320 g/mol. The van der Waals surface area contributed by atoms with Crippen molar-refractivity contribution in [3.63, 3.8) is 0 Å². The van der Waals surface area contributed by atoms with Crippen molar-refractivity contribution >= 4 is 17.6 Å². The maximum atomic E-state index is 11.5. The highest BCUT2D eigenvalue weighted by Crippen LogP contribution is 2.19. The van der Waals surface area contributed by atoms with Crippen LogP contribution in [0.4, 0.5) is 5.69 Å². The Kier molecular flexibility index (Phi) is 9.28. The van der Waals surface area contributed by atoms with Crippen molar-refractivity contribution in [2.24, 2.45) is 10.4 Å². The van der Waals surface area contributed by atoms with Gasteiger partial charge in [0.15, 0.2) is 0 Å². The summed E-state index contributed by atoms with van der Waals surface area (Å²) in [5.74, 6) is -1.55. The van der Waals surface area contributed by atoms with Gasteiger partial charge in [-0.2, -0.15) is 0 Å². The van der Waals surface area contributed by atoms with E-state index in [4.69, 9.17) is 5.11 Å². The molecule has 1 N–H and O–H groups in total. The van der Waals surface area contributed by atoms with Crippen molar-refractivity contribution in [3.8, 4) is 0 Å². The van der Waals surface area contributed by atoms with Gasteiger partial charge in [0.1, 0.15) is 5.69 Å². The van der Waals surface area contributed by atoms with Crippen molar-refractivity contribution in [3.05, 3.63) is 29.8 Å². The highest BCUT2D eigenvalue weighted by atomic mass is 16.7. The van der Waals surface area contributed by atoms with Crippen LogP contribution >= 0.6 is 0 Å². The van der Waals surface area contributed by atoms with E-state index in [1.165, 1.54) is 37.8 Å². The van der Waals surface area contributed by atoms with E-state index in [-0.39, 0.29) is 11.3 Å². The third kappa shape index (κ3) is 8.09. The topological polar surface area (TPSA) is 88.3 Å². The molecule has 0 spiro atoms. The van der Waals surface area contributed by atoms with Crippen molar-refractivity contribution in [1.29, 1.82) is 0 Å². The number of carbonyl (C=O) groups is 2. The molecule has 126 valence electrons. The van der Waals surface area contributed by atoms with Gasteiger partial charge in [-0.05, 0) is 18.6 Å². The summed E-state index contributed by atoms with van der Waals surface area (Å²) in [4.78, 5) is 27.1. The smallest absolute Gasteiger partial charge is 0.337 e. The Morgan fingerprint density at radius 3 is 2.39 bits per heavy atom. The summed E-state index contributed by atoms with van der Waals surface area (Å²) in [5.41, 5.74) is 0.170. The second kappa shape index (κ2) is 11.3. The lowest BCUT2D eigenvalue weighted by molar-refractivity contribution is -0.144. The van der Waals surface area contributed by atoms with Gasteiger partial charge in [0, 0.05) is 11.7 Å². The number of aromatic carboxylic acids is 1. The number of nitrogens with zero attached hydrogens (tertiary/aromatic N) is 2. The Balaban J connectivity index is 2.24. The van der Waals surface area contributed by atoms with Gasteiger partial charge in [0.05, 0.1) is 5.56 Å². The maximum absolute atomic E-state index is 11.5. The van der Waals surface area contributed by atoms with Crippen molar-refractivity contribution < 1.29 is 19.5 Å². The molecule has 0 unspecified atom stereocenters. The number of unbranched alkanes of at least 4 members (excludes halogenated alkanes) is 6. The molecule has 0 aliphatic rings. The molecule has 0 atom stereocenters. The summed E-state index contributed by atoms with van der Waals surface area (Å²) in [7, 11) is 0. The Morgan fingerprint density at radius 1 is 1.04 bits per heavy atom. The second-order valence-corrected chi connectivity index (χ2v) is 5.34. The van der Waals surface area contributed by atoms with Gasteiger partial charge in [0.25, 0.3) is 0 Å². The first kappa shape index (κ1) is 18.8. The number of hydrogen-bond donors (Lipinski definition) is 1. The standard InChI is InChI=1S/C17H24N2O4/c1-2-3-4-5-6-7-8-13-16(20)23-19-18-15-12-10-9-11-14(15)17(21)22/h9-12H,2-8,13H2,1H3,(H,21,22). The van der Waals surface area contributed by atoms with Crippen LogP contribution in [0, 0.1) is 0 Å². The molecule has 1 aromatic carbocycles. The predicted molar refractivity (Wildman–Crippen MR) is 86.6 cm³/mol. The molecule has 6 heteroatoms. The summed E-state index contributed by atoms with van der Waals surface area (Å²) < 4.78 is 0. The van der Waals surface area contributed by atoms with Crippen LogP contribution in [0.2, 0.25) is 0 Å². The molecule has 0 saturated carbocycles. The molecule has 0 fully saturated rings. The molecule has 0 heterocycles. The van der Waals surface area contributed by atoms with Crippen LogP contribution in [-0.4, -0.2) is 17.0 Å². The van der Waals surface area contributed by atoms with Crippen LogP contribution in [0.3, 0.4) is 0 Å². The van der Waals surface area contributed by atoms with E-state index >= 15 is 0 Å². The zero-order valence-electron chi connectivity index (χ0n) is 13.5. The first-order valence-electron chi connectivity index (χ1n) is 8.08. The van der Waals surface area contributed by atoms with Crippen molar-refractivity contribution in [2.45, 2.75) is 58.3 Å². The van der Waals surface area contributed by atoms with E-state index in [2.05, 4.69) is 22.2 Å². The normalized spacial score (nSPS) is 10.8. The van der Waals surface area contributed by atoms with Gasteiger partial charge in [-0.3, -0.25) is 4.84 Å². The average molecular weight is 320 g/mol. The average Bonchev–Trinajstić information content (AvgIpc) is 2.54. The van der Waals surface area contributed by atoms with Gasteiger partial charge in [-0.15, -0.1) is 5.11 Å². The van der Waals surface area contributed by atoms with E-state index in [1.54, 1.807) is 12.1 Å². The van der Waals surface area contributed by atoms with E-state index in [0.717, 1.165) is 19.3 Å². The zero-order valence-corrected chi connectivity index (χ0v) is 13.5. The molecule has 1 aromatic rings. The van der Waals surface area contributed by atoms with Gasteiger partial charge in [0.2, 0.25) is 0 Å². The summed E-state index contributed by atoms with van der Waals surface area (Å²) in [6.07, 6.45) is 8.13. The number of carboxylic acid groups (broad SMARTS) is 1. The molecular weight excluding hydrogens is 296 g/mol. The van der Waals surface area contributed by atoms with Crippen LogP contribution in [0.5, 0.6) is 0 Å². The Hall–Kier alpha value is -2.24. The summed E-state index contributed by atoms with van der Waals surface area (Å²) in [6, 6.07) is 6.14. The zero-order chi connectivity index (χ0) is 16.9. The van der Waals surface area contributed by atoms with Crippen LogP contribution in [0.15, 0.2) is 34.7 Å². The first-order chi connectivity index (χ1) is 11.1. The first-order valence-corrected chi connectivity index (χ1v) is 8.08. The molecule has 0 aromatic heterocycles. The summed E-state index contributed by atoms with van der Waals surface area (Å²) in [6.45, 7) is 2.18. The van der Waals surface area contributed by atoms with Gasteiger partial charge >= 0.3 is 11.9 Å². The highest BCUT2D eigenvalue weighted by Gasteiger charge is 2.08. The molecule has 0 aliphatic carbocycles. The summed E-state index contributed by atoms with van der Waals surface area (Å²) >= 11 is 0. The molecule has 0 radical (unpaired) electrons. The fourth-order valence-electron chi connectivity index (χ4n) is 2.12. The fourth-order valence-corrected chi connectivity index (χ4v) is 2.12. The van der Waals surface area contributed by atoms with Crippen molar-refractivity contribution in [1.82, 2.24) is 0 Å². The lowest BCUT2D eigenvalue weighted by atomic mass is 10.1. The Labute approximate surface area is 136 Å². The van der Waals surface area contributed by atoms with E-state index in [0.29, 0.717) is 6.42 Å². The Morgan fingerprint density at radius 2 is 1.70 bits per heavy atom. The number of hydrogen-bond acceptors (Lipinski definition) is 5. The SMILES string of the molecule is CCCCCCCCCC(=O)ON=Nc1ccccc1C(=O)O. The van der Waals surface area contributed by atoms with Crippen LogP contribution < -0.4 is 0 Å². The molecule has 6 nitrogen and oxygen atoms in total. The van der Waals surface area contributed by atoms with Gasteiger partial charge in [-0.25, -0.2) is 9.59 Å². The molecule has 0 amide bonds. The van der Waals surface area contributed by atoms with Crippen LogP contribution in [0.1, 0.15) is 68.6 Å². The van der Waals surface area contributed by atoms with Crippen LogP contribution in [-0.2, 0) is 9.63 Å². The molecule has 0 aliphatic heterocycles. The van der Waals surface area contributed by atoms with E-state index in [1.807, 2.05) is 0 Å². The molecule has 0 bridgehead atoms. The third-order valence-electron chi connectivity index (χ3n) is 3.41. The minimum absolute atomic E-state index is 0.0133. The second-order valence-electron chi connectivity index (χ2n) is 5.34. The lowest BCUT2D eigenvalue weighted by Gasteiger charge is -2.00. The van der Waals surface area contributed by atoms with Crippen LogP contribution in [0.25, 0.3) is 0 Å².